The van der Waals surface area contributed by atoms with E-state index in [0.29, 0.717) is 17.6 Å². The summed E-state index contributed by atoms with van der Waals surface area (Å²) >= 11 is 0. The molecule has 0 saturated heterocycles. The molecule has 152 valence electrons. The molecule has 2 aromatic rings. The number of aryl methyl sites for hydroxylation is 1. The number of ether oxygens (including phenoxy) is 1. The van der Waals surface area contributed by atoms with Crippen molar-refractivity contribution in [1.29, 1.82) is 0 Å². The van der Waals surface area contributed by atoms with Gasteiger partial charge in [0.1, 0.15) is 5.82 Å². The maximum absolute atomic E-state index is 5.97. The molecule has 2 aliphatic carbocycles. The zero-order chi connectivity index (χ0) is 19.4. The molecule has 2 aliphatic rings. The lowest BCUT2D eigenvalue weighted by Gasteiger charge is -2.61. The zero-order valence-corrected chi connectivity index (χ0v) is 17.0. The van der Waals surface area contributed by atoms with E-state index >= 15 is 0 Å². The van der Waals surface area contributed by atoms with Gasteiger partial charge in [-0.1, -0.05) is 12.5 Å². The number of aromatic nitrogens is 3. The fourth-order valence-electron chi connectivity index (χ4n) is 4.62. The first-order valence-corrected chi connectivity index (χ1v) is 10.7. The van der Waals surface area contributed by atoms with Gasteiger partial charge < -0.3 is 15.4 Å². The van der Waals surface area contributed by atoms with Crippen LogP contribution in [0.3, 0.4) is 0 Å². The van der Waals surface area contributed by atoms with Crippen molar-refractivity contribution in [2.75, 3.05) is 19.7 Å². The average molecular weight is 385 g/mol. The zero-order valence-electron chi connectivity index (χ0n) is 17.0. The molecular weight excluding hydrogens is 352 g/mol. The maximum Gasteiger partial charge on any atom is 0.191 e. The highest BCUT2D eigenvalue weighted by molar-refractivity contribution is 5.80. The third kappa shape index (κ3) is 3.60. The molecule has 7 nitrogen and oxygen atoms in total. The van der Waals surface area contributed by atoms with Gasteiger partial charge in [-0.25, -0.2) is 0 Å². The number of aliphatic imine (C=N–C) groups is 1. The number of hydrogen-bond acceptors (Lipinski definition) is 4. The van der Waals surface area contributed by atoms with Crippen LogP contribution in [0.2, 0.25) is 0 Å². The Morgan fingerprint density at radius 1 is 1.32 bits per heavy atom. The van der Waals surface area contributed by atoms with Crippen LogP contribution in [0.5, 0.6) is 0 Å². The van der Waals surface area contributed by atoms with Crippen molar-refractivity contribution in [2.45, 2.75) is 64.5 Å². The van der Waals surface area contributed by atoms with Crippen LogP contribution in [0.15, 0.2) is 29.4 Å². The van der Waals surface area contributed by atoms with E-state index in [4.69, 9.17) is 9.73 Å². The summed E-state index contributed by atoms with van der Waals surface area (Å²) in [6, 6.07) is 6.45. The minimum atomic E-state index is 0.340. The minimum Gasteiger partial charge on any atom is -0.378 e. The predicted octanol–water partition coefficient (Wildman–Crippen LogP) is 2.56. The molecule has 0 aromatic carbocycles. The highest BCUT2D eigenvalue weighted by Crippen LogP contribution is 2.57. The average Bonchev–Trinajstić information content (AvgIpc) is 3.06. The molecule has 0 bridgehead atoms. The van der Waals surface area contributed by atoms with Gasteiger partial charge in [0.05, 0.1) is 6.10 Å². The molecule has 2 atom stereocenters. The van der Waals surface area contributed by atoms with Crippen molar-refractivity contribution in [3.63, 3.8) is 0 Å². The summed E-state index contributed by atoms with van der Waals surface area (Å²) in [5.74, 6) is 1.93. The van der Waals surface area contributed by atoms with E-state index in [1.54, 1.807) is 0 Å². The monoisotopic (exact) mass is 384 g/mol. The first kappa shape index (κ1) is 19.2. The van der Waals surface area contributed by atoms with Crippen molar-refractivity contribution in [1.82, 2.24) is 25.2 Å². The summed E-state index contributed by atoms with van der Waals surface area (Å²) in [6.45, 7) is 6.66. The first-order valence-electron chi connectivity index (χ1n) is 10.7. The lowest BCUT2D eigenvalue weighted by molar-refractivity contribution is -0.168. The third-order valence-corrected chi connectivity index (χ3v) is 6.31. The van der Waals surface area contributed by atoms with E-state index in [-0.39, 0.29) is 0 Å². The third-order valence-electron chi connectivity index (χ3n) is 6.31. The SMILES string of the molecule is CCNC(=NCCCc1nnc2ccccn12)NC1CC(OCC)C12CCC2. The first-order chi connectivity index (χ1) is 13.8. The quantitative estimate of drug-likeness (QED) is 0.416. The Bertz CT molecular complexity index is 812. The summed E-state index contributed by atoms with van der Waals surface area (Å²) in [5.41, 5.74) is 1.24. The second-order valence-corrected chi connectivity index (χ2v) is 7.87. The van der Waals surface area contributed by atoms with Crippen LogP contribution >= 0.6 is 0 Å². The Morgan fingerprint density at radius 2 is 2.21 bits per heavy atom. The Hall–Kier alpha value is -2.15. The molecule has 2 heterocycles. The van der Waals surface area contributed by atoms with Gasteiger partial charge >= 0.3 is 0 Å². The molecule has 1 spiro atoms. The van der Waals surface area contributed by atoms with Crippen LogP contribution in [-0.2, 0) is 11.2 Å². The maximum atomic E-state index is 5.97. The molecule has 2 unspecified atom stereocenters. The highest BCUT2D eigenvalue weighted by atomic mass is 16.5. The molecule has 28 heavy (non-hydrogen) atoms. The van der Waals surface area contributed by atoms with Crippen LogP contribution in [-0.4, -0.2) is 52.4 Å². The van der Waals surface area contributed by atoms with Gasteiger partial charge in [0.2, 0.25) is 0 Å². The van der Waals surface area contributed by atoms with E-state index in [9.17, 15) is 0 Å². The van der Waals surface area contributed by atoms with Crippen molar-refractivity contribution in [3.05, 3.63) is 30.2 Å². The van der Waals surface area contributed by atoms with Crippen LogP contribution in [0.25, 0.3) is 5.65 Å². The lowest BCUT2D eigenvalue weighted by atomic mass is 9.51. The van der Waals surface area contributed by atoms with Crippen molar-refractivity contribution < 1.29 is 4.74 Å². The Balaban J connectivity index is 1.31. The van der Waals surface area contributed by atoms with Gasteiger partial charge in [-0.2, -0.15) is 0 Å². The summed E-state index contributed by atoms with van der Waals surface area (Å²) < 4.78 is 8.02. The Kier molecular flexibility index (Phi) is 5.80. The minimum absolute atomic E-state index is 0.340. The lowest BCUT2D eigenvalue weighted by Crippen LogP contribution is -2.68. The fourth-order valence-corrected chi connectivity index (χ4v) is 4.62. The topological polar surface area (TPSA) is 75.8 Å². The van der Waals surface area contributed by atoms with Crippen LogP contribution in [0, 0.1) is 5.41 Å². The summed E-state index contributed by atoms with van der Waals surface area (Å²) in [4.78, 5) is 4.81. The Labute approximate surface area is 167 Å². The van der Waals surface area contributed by atoms with E-state index in [0.717, 1.165) is 56.4 Å². The van der Waals surface area contributed by atoms with Gasteiger partial charge in [-0.05, 0) is 51.7 Å². The van der Waals surface area contributed by atoms with Crippen molar-refractivity contribution in [3.8, 4) is 0 Å². The molecule has 0 aliphatic heterocycles. The number of nitrogens with one attached hydrogen (secondary N) is 2. The second-order valence-electron chi connectivity index (χ2n) is 7.87. The predicted molar refractivity (Wildman–Crippen MR) is 111 cm³/mol. The van der Waals surface area contributed by atoms with Gasteiger partial charge in [-0.3, -0.25) is 9.39 Å². The van der Waals surface area contributed by atoms with E-state index in [1.807, 2.05) is 24.4 Å². The van der Waals surface area contributed by atoms with Crippen molar-refractivity contribution >= 4 is 11.6 Å². The normalized spacial score (nSPS) is 23.4. The summed E-state index contributed by atoms with van der Waals surface area (Å²) in [5, 5.41) is 15.6. The number of hydrogen-bond donors (Lipinski definition) is 2. The standard InChI is InChI=1S/C21H32N6O/c1-3-22-20(24-16-15-17(28-4-2)21(16)11-8-12-21)23-13-7-10-19-26-25-18-9-5-6-14-27(18)19/h5-6,9,14,16-17H,3-4,7-8,10-13,15H2,1-2H3,(H2,22,23,24). The Morgan fingerprint density at radius 3 is 2.96 bits per heavy atom. The smallest absolute Gasteiger partial charge is 0.191 e. The van der Waals surface area contributed by atoms with Gasteiger partial charge in [0, 0.05) is 43.8 Å². The molecule has 4 rings (SSSR count). The van der Waals surface area contributed by atoms with E-state index in [1.165, 1.54) is 19.3 Å². The molecule has 2 N–H and O–H groups in total. The molecule has 2 aromatic heterocycles. The molecule has 0 radical (unpaired) electrons. The summed E-state index contributed by atoms with van der Waals surface area (Å²) in [7, 11) is 0. The molecular formula is C21H32N6O. The number of guanidine groups is 1. The van der Waals surface area contributed by atoms with Gasteiger partial charge in [-0.15, -0.1) is 10.2 Å². The number of nitrogens with zero attached hydrogens (tertiary/aromatic N) is 4. The van der Waals surface area contributed by atoms with Crippen LogP contribution < -0.4 is 10.6 Å². The van der Waals surface area contributed by atoms with Gasteiger partial charge in [0.15, 0.2) is 11.6 Å². The second kappa shape index (κ2) is 8.47. The molecule has 0 amide bonds. The molecule has 7 heteroatoms. The van der Waals surface area contributed by atoms with Crippen LogP contribution in [0.1, 0.15) is 51.8 Å². The number of pyridine rings is 1. The number of rotatable bonds is 8. The number of fused-ring (bicyclic) bond motifs is 1. The fraction of sp³-hybridized carbons (Fsp3) is 0.667. The highest BCUT2D eigenvalue weighted by Gasteiger charge is 2.59. The molecule has 2 fully saturated rings. The van der Waals surface area contributed by atoms with E-state index in [2.05, 4.69) is 39.1 Å². The van der Waals surface area contributed by atoms with E-state index < -0.39 is 0 Å². The summed E-state index contributed by atoms with van der Waals surface area (Å²) in [6.07, 6.45) is 9.21. The molecule has 2 saturated carbocycles. The van der Waals surface area contributed by atoms with Crippen LogP contribution in [0.4, 0.5) is 0 Å². The largest absolute Gasteiger partial charge is 0.378 e. The van der Waals surface area contributed by atoms with Gasteiger partial charge in [0.25, 0.3) is 0 Å². The van der Waals surface area contributed by atoms with Crippen molar-refractivity contribution in [2.24, 2.45) is 10.4 Å².